The summed E-state index contributed by atoms with van der Waals surface area (Å²) < 4.78 is 0. The van der Waals surface area contributed by atoms with Crippen LogP contribution in [-0.4, -0.2) is 17.7 Å². The van der Waals surface area contributed by atoms with Crippen LogP contribution in [0, 0.1) is 6.92 Å². The summed E-state index contributed by atoms with van der Waals surface area (Å²) in [5, 5.41) is 15.1. The van der Waals surface area contributed by atoms with E-state index in [4.69, 9.17) is 0 Å². The third-order valence-corrected chi connectivity index (χ3v) is 4.50. The van der Waals surface area contributed by atoms with E-state index in [1.165, 1.54) is 10.4 Å². The van der Waals surface area contributed by atoms with Gasteiger partial charge in [0.25, 0.3) is 0 Å². The average Bonchev–Trinajstić information content (AvgIpc) is 2.96. The summed E-state index contributed by atoms with van der Waals surface area (Å²) in [6.07, 6.45) is 0.970. The van der Waals surface area contributed by atoms with Gasteiger partial charge in [0.15, 0.2) is 0 Å². The van der Waals surface area contributed by atoms with Crippen LogP contribution in [0.3, 0.4) is 0 Å². The standard InChI is InChI=1S/C17H22N2O2S/c1-3-13-5-7-14(8-6-13)16(11-20)19-17(21)18-10-15-9-4-12(2)22-15/h4-9,16,20H,3,10-11H2,1-2H3,(H2,18,19,21). The third-order valence-electron chi connectivity index (χ3n) is 3.50. The largest absolute Gasteiger partial charge is 0.394 e. The molecular formula is C17H22N2O2S. The van der Waals surface area contributed by atoms with Crippen LogP contribution in [0.4, 0.5) is 4.79 Å². The number of hydrogen-bond donors (Lipinski definition) is 3. The highest BCUT2D eigenvalue weighted by molar-refractivity contribution is 7.11. The predicted octanol–water partition coefficient (Wildman–Crippen LogP) is 3.15. The van der Waals surface area contributed by atoms with Crippen LogP contribution in [0.5, 0.6) is 0 Å². The fourth-order valence-corrected chi connectivity index (χ4v) is 3.01. The number of aliphatic hydroxyl groups is 1. The van der Waals surface area contributed by atoms with Crippen LogP contribution < -0.4 is 10.6 Å². The van der Waals surface area contributed by atoms with Crippen molar-refractivity contribution in [3.63, 3.8) is 0 Å². The summed E-state index contributed by atoms with van der Waals surface area (Å²) >= 11 is 1.66. The first-order chi connectivity index (χ1) is 10.6. The first-order valence-electron chi connectivity index (χ1n) is 7.41. The molecule has 0 aliphatic heterocycles. The Hall–Kier alpha value is -1.85. The van der Waals surface area contributed by atoms with Crippen LogP contribution >= 0.6 is 11.3 Å². The molecule has 4 nitrogen and oxygen atoms in total. The van der Waals surface area contributed by atoms with Gasteiger partial charge in [-0.1, -0.05) is 31.2 Å². The van der Waals surface area contributed by atoms with E-state index in [9.17, 15) is 9.90 Å². The Morgan fingerprint density at radius 1 is 1.23 bits per heavy atom. The van der Waals surface area contributed by atoms with Gasteiger partial charge in [-0.2, -0.15) is 0 Å². The maximum atomic E-state index is 12.0. The van der Waals surface area contributed by atoms with Gasteiger partial charge in [0.05, 0.1) is 19.2 Å². The summed E-state index contributed by atoms with van der Waals surface area (Å²) in [7, 11) is 0. The summed E-state index contributed by atoms with van der Waals surface area (Å²) in [6, 6.07) is 11.3. The molecule has 0 saturated heterocycles. The van der Waals surface area contributed by atoms with Gasteiger partial charge < -0.3 is 15.7 Å². The maximum absolute atomic E-state index is 12.0. The molecule has 118 valence electrons. The molecule has 1 unspecified atom stereocenters. The monoisotopic (exact) mass is 318 g/mol. The van der Waals surface area contributed by atoms with Crippen molar-refractivity contribution < 1.29 is 9.90 Å². The Morgan fingerprint density at radius 2 is 1.95 bits per heavy atom. The lowest BCUT2D eigenvalue weighted by Gasteiger charge is -2.17. The second kappa shape index (κ2) is 7.96. The summed E-state index contributed by atoms with van der Waals surface area (Å²) in [5.41, 5.74) is 2.14. The quantitative estimate of drug-likeness (QED) is 0.766. The zero-order valence-electron chi connectivity index (χ0n) is 12.9. The highest BCUT2D eigenvalue weighted by atomic mass is 32.1. The van der Waals surface area contributed by atoms with Gasteiger partial charge in [-0.3, -0.25) is 0 Å². The van der Waals surface area contributed by atoms with Gasteiger partial charge in [-0.05, 0) is 36.6 Å². The molecule has 5 heteroatoms. The third kappa shape index (κ3) is 4.58. The number of nitrogens with one attached hydrogen (secondary N) is 2. The van der Waals surface area contributed by atoms with E-state index in [1.54, 1.807) is 11.3 Å². The SMILES string of the molecule is CCc1ccc(C(CO)NC(=O)NCc2ccc(C)s2)cc1. The lowest BCUT2D eigenvalue weighted by Crippen LogP contribution is -2.38. The Kier molecular flexibility index (Phi) is 5.98. The van der Waals surface area contributed by atoms with E-state index >= 15 is 0 Å². The van der Waals surface area contributed by atoms with E-state index in [2.05, 4.69) is 17.6 Å². The van der Waals surface area contributed by atoms with E-state index < -0.39 is 6.04 Å². The molecule has 1 aromatic heterocycles. The lowest BCUT2D eigenvalue weighted by molar-refractivity contribution is 0.216. The zero-order valence-corrected chi connectivity index (χ0v) is 13.7. The first kappa shape index (κ1) is 16.5. The molecule has 1 atom stereocenters. The number of rotatable bonds is 6. The van der Waals surface area contributed by atoms with Crippen molar-refractivity contribution in [1.82, 2.24) is 10.6 Å². The van der Waals surface area contributed by atoms with E-state index in [1.807, 2.05) is 43.3 Å². The molecular weight excluding hydrogens is 296 g/mol. The predicted molar refractivity (Wildman–Crippen MR) is 90.1 cm³/mol. The molecule has 0 bridgehead atoms. The van der Waals surface area contributed by atoms with Gasteiger partial charge in [0, 0.05) is 9.75 Å². The molecule has 1 aromatic carbocycles. The molecule has 0 aliphatic carbocycles. The number of urea groups is 1. The van der Waals surface area contributed by atoms with Crippen molar-refractivity contribution in [2.75, 3.05) is 6.61 Å². The van der Waals surface area contributed by atoms with Crippen molar-refractivity contribution in [3.8, 4) is 0 Å². The minimum absolute atomic E-state index is 0.128. The Balaban J connectivity index is 1.89. The van der Waals surface area contributed by atoms with E-state index in [0.717, 1.165) is 16.9 Å². The Labute approximate surface area is 135 Å². The molecule has 0 fully saturated rings. The van der Waals surface area contributed by atoms with Gasteiger partial charge >= 0.3 is 6.03 Å². The molecule has 2 rings (SSSR count). The average molecular weight is 318 g/mol. The minimum atomic E-state index is -0.393. The highest BCUT2D eigenvalue weighted by Gasteiger charge is 2.13. The van der Waals surface area contributed by atoms with Crippen molar-refractivity contribution >= 4 is 17.4 Å². The Morgan fingerprint density at radius 3 is 2.50 bits per heavy atom. The minimum Gasteiger partial charge on any atom is -0.394 e. The number of aliphatic hydroxyl groups excluding tert-OH is 1. The van der Waals surface area contributed by atoms with Crippen molar-refractivity contribution in [2.24, 2.45) is 0 Å². The number of benzene rings is 1. The molecule has 0 aliphatic rings. The molecule has 1 heterocycles. The van der Waals surface area contributed by atoms with Crippen LogP contribution in [0.15, 0.2) is 36.4 Å². The summed E-state index contributed by atoms with van der Waals surface area (Å²) in [4.78, 5) is 14.3. The summed E-state index contributed by atoms with van der Waals surface area (Å²) in [6.45, 7) is 4.50. The fraction of sp³-hybridized carbons (Fsp3) is 0.353. The zero-order chi connectivity index (χ0) is 15.9. The van der Waals surface area contributed by atoms with Crippen LogP contribution in [0.2, 0.25) is 0 Å². The number of carbonyl (C=O) groups is 1. The smallest absolute Gasteiger partial charge is 0.315 e. The van der Waals surface area contributed by atoms with Gasteiger partial charge in [0.1, 0.15) is 0 Å². The lowest BCUT2D eigenvalue weighted by atomic mass is 10.0. The topological polar surface area (TPSA) is 61.4 Å². The van der Waals surface area contributed by atoms with Crippen molar-refractivity contribution in [2.45, 2.75) is 32.9 Å². The molecule has 22 heavy (non-hydrogen) atoms. The molecule has 0 radical (unpaired) electrons. The molecule has 3 N–H and O–H groups in total. The number of amides is 2. The molecule has 0 saturated carbocycles. The van der Waals surface area contributed by atoms with Gasteiger partial charge in [-0.15, -0.1) is 11.3 Å². The second-order valence-electron chi connectivity index (χ2n) is 5.17. The fourth-order valence-electron chi connectivity index (χ4n) is 2.18. The Bertz CT molecular complexity index is 607. The normalized spacial score (nSPS) is 12.0. The second-order valence-corrected chi connectivity index (χ2v) is 6.54. The number of carbonyl (C=O) groups excluding carboxylic acids is 1. The van der Waals surface area contributed by atoms with E-state index in [-0.39, 0.29) is 12.6 Å². The highest BCUT2D eigenvalue weighted by Crippen LogP contribution is 2.15. The number of aryl methyl sites for hydroxylation is 2. The number of thiophene rings is 1. The molecule has 0 spiro atoms. The van der Waals surface area contributed by atoms with Crippen LogP contribution in [0.25, 0.3) is 0 Å². The van der Waals surface area contributed by atoms with Crippen LogP contribution in [-0.2, 0) is 13.0 Å². The number of hydrogen-bond acceptors (Lipinski definition) is 3. The van der Waals surface area contributed by atoms with Crippen molar-refractivity contribution in [1.29, 1.82) is 0 Å². The van der Waals surface area contributed by atoms with Crippen molar-refractivity contribution in [3.05, 3.63) is 57.3 Å². The molecule has 2 amide bonds. The van der Waals surface area contributed by atoms with Gasteiger partial charge in [-0.25, -0.2) is 4.79 Å². The molecule has 2 aromatic rings. The summed E-state index contributed by atoms with van der Waals surface area (Å²) in [5.74, 6) is 0. The van der Waals surface area contributed by atoms with E-state index in [0.29, 0.717) is 6.54 Å². The maximum Gasteiger partial charge on any atom is 0.315 e. The first-order valence-corrected chi connectivity index (χ1v) is 8.23. The van der Waals surface area contributed by atoms with Gasteiger partial charge in [0.2, 0.25) is 0 Å². The van der Waals surface area contributed by atoms with Crippen LogP contribution in [0.1, 0.15) is 33.8 Å².